The first-order valence-electron chi connectivity index (χ1n) is 13.6. The summed E-state index contributed by atoms with van der Waals surface area (Å²) in [6.45, 7) is 16.6. The van der Waals surface area contributed by atoms with Crippen LogP contribution in [0.25, 0.3) is 22.6 Å². The van der Waals surface area contributed by atoms with E-state index in [1.54, 1.807) is 6.07 Å². The molecule has 0 bridgehead atoms. The van der Waals surface area contributed by atoms with Gasteiger partial charge in [-0.05, 0) is 51.0 Å². The van der Waals surface area contributed by atoms with Crippen LogP contribution in [0, 0.1) is 0 Å². The number of primary amides is 1. The van der Waals surface area contributed by atoms with E-state index in [1.165, 1.54) is 45.2 Å². The van der Waals surface area contributed by atoms with E-state index >= 15 is 0 Å². The number of unbranched alkanes of at least 4 members (excludes halogenated alkanes) is 1. The van der Waals surface area contributed by atoms with Crippen molar-refractivity contribution in [2.24, 2.45) is 5.73 Å². The van der Waals surface area contributed by atoms with E-state index in [4.69, 9.17) is 10.7 Å². The molecular weight excluding hydrogens is 434 g/mol. The third-order valence-electron chi connectivity index (χ3n) is 5.68. The van der Waals surface area contributed by atoms with Crippen LogP contribution in [-0.2, 0) is 6.54 Å². The third kappa shape index (κ3) is 9.44. The molecule has 1 aliphatic heterocycles. The zero-order valence-electron chi connectivity index (χ0n) is 22.9. The summed E-state index contributed by atoms with van der Waals surface area (Å²) in [6.07, 6.45) is 7.61. The third-order valence-corrected chi connectivity index (χ3v) is 5.68. The number of carbonyl (C=O) groups is 1. The first-order chi connectivity index (χ1) is 17.1. The van der Waals surface area contributed by atoms with E-state index in [0.29, 0.717) is 0 Å². The molecule has 2 N–H and O–H groups in total. The molecule has 0 atom stereocenters. The number of likely N-dealkylation sites (tertiary alicyclic amines) is 1. The van der Waals surface area contributed by atoms with Gasteiger partial charge in [0.05, 0.1) is 0 Å². The maximum atomic E-state index is 11.6. The molecule has 0 unspecified atom stereocenters. The highest BCUT2D eigenvalue weighted by Gasteiger charge is 2.16. The van der Waals surface area contributed by atoms with Crippen molar-refractivity contribution < 1.29 is 4.79 Å². The molecular formula is C29H47N5O. The molecule has 6 nitrogen and oxygen atoms in total. The predicted molar refractivity (Wildman–Crippen MR) is 150 cm³/mol. The molecule has 2 aromatic heterocycles. The van der Waals surface area contributed by atoms with Gasteiger partial charge in [0.1, 0.15) is 17.0 Å². The summed E-state index contributed by atoms with van der Waals surface area (Å²) < 4.78 is 2.13. The molecule has 3 aromatic rings. The molecule has 0 spiro atoms. The molecule has 1 amide bonds. The van der Waals surface area contributed by atoms with Crippen LogP contribution < -0.4 is 5.73 Å². The van der Waals surface area contributed by atoms with Gasteiger partial charge in [-0.15, -0.1) is 0 Å². The molecule has 3 heterocycles. The highest BCUT2D eigenvalue weighted by Crippen LogP contribution is 2.24. The normalized spacial score (nSPS) is 13.0. The van der Waals surface area contributed by atoms with Crippen molar-refractivity contribution in [2.45, 2.75) is 86.6 Å². The number of aryl methyl sites for hydroxylation is 1. The SMILES string of the molecule is CC.CC.CCCC.NC(=O)c1ccc2nc(-c3ccccc3)n(CCCN3CCCCC3)c2n1. The monoisotopic (exact) mass is 481 g/mol. The van der Waals surface area contributed by atoms with Gasteiger partial charge in [-0.3, -0.25) is 4.79 Å². The number of nitrogens with two attached hydrogens (primary N) is 1. The summed E-state index contributed by atoms with van der Waals surface area (Å²) in [6, 6.07) is 13.6. The second-order valence-electron chi connectivity index (χ2n) is 8.11. The van der Waals surface area contributed by atoms with Gasteiger partial charge in [-0.1, -0.05) is 91.1 Å². The smallest absolute Gasteiger partial charge is 0.267 e. The summed E-state index contributed by atoms with van der Waals surface area (Å²) in [5.74, 6) is 0.373. The fourth-order valence-electron chi connectivity index (χ4n) is 3.79. The van der Waals surface area contributed by atoms with E-state index in [-0.39, 0.29) is 5.69 Å². The predicted octanol–water partition coefficient (Wildman–Crippen LogP) is 6.93. The highest BCUT2D eigenvalue weighted by atomic mass is 16.1. The van der Waals surface area contributed by atoms with Crippen molar-refractivity contribution >= 4 is 17.1 Å². The molecule has 0 radical (unpaired) electrons. The van der Waals surface area contributed by atoms with Crippen molar-refractivity contribution in [1.82, 2.24) is 19.4 Å². The molecule has 4 rings (SSSR count). The Kier molecular flexibility index (Phi) is 15.3. The number of nitrogens with zero attached hydrogens (tertiary/aromatic N) is 4. The van der Waals surface area contributed by atoms with Crippen molar-refractivity contribution in [2.75, 3.05) is 19.6 Å². The van der Waals surface area contributed by atoms with Gasteiger partial charge in [0.25, 0.3) is 5.91 Å². The van der Waals surface area contributed by atoms with E-state index in [9.17, 15) is 4.79 Å². The highest BCUT2D eigenvalue weighted by molar-refractivity contribution is 5.93. The van der Waals surface area contributed by atoms with E-state index < -0.39 is 5.91 Å². The van der Waals surface area contributed by atoms with Crippen LogP contribution in [0.1, 0.15) is 90.6 Å². The van der Waals surface area contributed by atoms with Crippen LogP contribution in [0.15, 0.2) is 42.5 Å². The number of piperidine rings is 1. The number of rotatable bonds is 7. The Morgan fingerprint density at radius 1 is 0.857 bits per heavy atom. The second-order valence-corrected chi connectivity index (χ2v) is 8.11. The molecule has 0 saturated carbocycles. The topological polar surface area (TPSA) is 77.0 Å². The van der Waals surface area contributed by atoms with Gasteiger partial charge >= 0.3 is 0 Å². The average molecular weight is 482 g/mol. The van der Waals surface area contributed by atoms with E-state index in [0.717, 1.165) is 42.1 Å². The number of pyridine rings is 1. The van der Waals surface area contributed by atoms with Gasteiger partial charge in [0, 0.05) is 12.1 Å². The zero-order valence-corrected chi connectivity index (χ0v) is 22.9. The lowest BCUT2D eigenvalue weighted by atomic mass is 10.1. The standard InChI is InChI=1S/C21H25N5O.C4H10.2C2H6/c22-19(27)17-10-11-18-21(23-17)26(15-7-14-25-12-5-2-6-13-25)20(24-18)16-8-3-1-4-9-16;1-3-4-2;2*1-2/h1,3-4,8-11H,2,5-7,12-15H2,(H2,22,27);3-4H2,1-2H3;2*1-2H3. The van der Waals surface area contributed by atoms with Crippen molar-refractivity contribution in [3.05, 3.63) is 48.2 Å². The van der Waals surface area contributed by atoms with E-state index in [2.05, 4.69) is 40.4 Å². The van der Waals surface area contributed by atoms with Gasteiger partial charge in [-0.25, -0.2) is 9.97 Å². The summed E-state index contributed by atoms with van der Waals surface area (Å²) in [4.78, 5) is 23.4. The van der Waals surface area contributed by atoms with Gasteiger partial charge in [-0.2, -0.15) is 0 Å². The number of hydrogen-bond donors (Lipinski definition) is 1. The summed E-state index contributed by atoms with van der Waals surface area (Å²) in [5.41, 5.74) is 8.27. The van der Waals surface area contributed by atoms with Crippen molar-refractivity contribution in [3.8, 4) is 11.4 Å². The van der Waals surface area contributed by atoms with Crippen LogP contribution in [0.5, 0.6) is 0 Å². The Morgan fingerprint density at radius 2 is 1.49 bits per heavy atom. The number of aromatic nitrogens is 3. The first kappa shape index (κ1) is 30.3. The number of benzene rings is 1. The Labute approximate surface area is 213 Å². The molecule has 1 fully saturated rings. The van der Waals surface area contributed by atoms with E-state index in [1.807, 2.05) is 52.0 Å². The quantitative estimate of drug-likeness (QED) is 0.397. The number of hydrogen-bond acceptors (Lipinski definition) is 4. The Hall–Kier alpha value is -2.73. The minimum Gasteiger partial charge on any atom is -0.364 e. The second kappa shape index (κ2) is 17.7. The molecule has 1 aromatic carbocycles. The van der Waals surface area contributed by atoms with Crippen LogP contribution in [0.2, 0.25) is 0 Å². The molecule has 35 heavy (non-hydrogen) atoms. The number of imidazole rings is 1. The molecule has 1 saturated heterocycles. The lowest BCUT2D eigenvalue weighted by molar-refractivity contribution is 0.0996. The average Bonchev–Trinajstić information content (AvgIpc) is 3.30. The lowest BCUT2D eigenvalue weighted by Gasteiger charge is -2.26. The Morgan fingerprint density at radius 3 is 2.06 bits per heavy atom. The molecule has 6 heteroatoms. The largest absolute Gasteiger partial charge is 0.364 e. The maximum absolute atomic E-state index is 11.6. The number of carbonyl (C=O) groups excluding carboxylic acids is 1. The Balaban J connectivity index is 0.000000684. The fourth-order valence-corrected chi connectivity index (χ4v) is 3.79. The maximum Gasteiger partial charge on any atom is 0.267 e. The minimum absolute atomic E-state index is 0.277. The Bertz CT molecular complexity index is 960. The summed E-state index contributed by atoms with van der Waals surface area (Å²) in [5, 5.41) is 0. The summed E-state index contributed by atoms with van der Waals surface area (Å²) >= 11 is 0. The molecule has 194 valence electrons. The van der Waals surface area contributed by atoms with Gasteiger partial charge in [0.15, 0.2) is 5.65 Å². The van der Waals surface area contributed by atoms with Gasteiger partial charge in [0.2, 0.25) is 0 Å². The number of amides is 1. The zero-order chi connectivity index (χ0) is 26.1. The van der Waals surface area contributed by atoms with Crippen molar-refractivity contribution in [1.29, 1.82) is 0 Å². The lowest BCUT2D eigenvalue weighted by Crippen LogP contribution is -2.31. The van der Waals surface area contributed by atoms with Gasteiger partial charge < -0.3 is 15.2 Å². The first-order valence-corrected chi connectivity index (χ1v) is 13.6. The molecule has 1 aliphatic rings. The van der Waals surface area contributed by atoms with Crippen LogP contribution in [0.4, 0.5) is 0 Å². The van der Waals surface area contributed by atoms with Crippen LogP contribution >= 0.6 is 0 Å². The van der Waals surface area contributed by atoms with Crippen molar-refractivity contribution in [3.63, 3.8) is 0 Å². The summed E-state index contributed by atoms with van der Waals surface area (Å²) in [7, 11) is 0. The molecule has 0 aliphatic carbocycles. The van der Waals surface area contributed by atoms with Crippen LogP contribution in [-0.4, -0.2) is 45.0 Å². The number of fused-ring (bicyclic) bond motifs is 1. The van der Waals surface area contributed by atoms with Crippen LogP contribution in [0.3, 0.4) is 0 Å². The fraction of sp³-hybridized carbons (Fsp3) is 0.552. The minimum atomic E-state index is -0.515.